The molecule has 210 valence electrons. The zero-order valence-electron chi connectivity index (χ0n) is 23.4. The summed E-state index contributed by atoms with van der Waals surface area (Å²) in [4.78, 5) is 11.2. The van der Waals surface area contributed by atoms with Gasteiger partial charge in [0, 0.05) is 5.57 Å². The van der Waals surface area contributed by atoms with Crippen LogP contribution in [-0.2, 0) is 32.9 Å². The van der Waals surface area contributed by atoms with Crippen molar-refractivity contribution in [2.45, 2.75) is 32.7 Å². The van der Waals surface area contributed by atoms with Gasteiger partial charge in [0.25, 0.3) is 8.32 Å². The lowest BCUT2D eigenvalue weighted by atomic mass is 10.2. The highest BCUT2D eigenvalue weighted by Crippen LogP contribution is 2.36. The number of hydrogen-bond donors (Lipinski definition) is 0. The number of rotatable bonds is 19. The van der Waals surface area contributed by atoms with E-state index in [0.29, 0.717) is 65.0 Å². The second-order valence-corrected chi connectivity index (χ2v) is 14.2. The van der Waals surface area contributed by atoms with Crippen molar-refractivity contribution in [2.24, 2.45) is 0 Å². The standard InChI is InChI=1S/C30H44O7Si/c1-26(2)29(31)36-24-22-34-20-18-32-16-17-33-19-21-35-23-25-37-38(30(3,4)5,27-12-8-6-9-13-27)28-14-10-7-11-15-28/h6-15H,1,16-25H2,2-5H3. The summed E-state index contributed by atoms with van der Waals surface area (Å²) in [6, 6.07) is 21.2. The predicted octanol–water partition coefficient (Wildman–Crippen LogP) is 3.75. The highest BCUT2D eigenvalue weighted by atomic mass is 28.4. The molecule has 2 aromatic rings. The van der Waals surface area contributed by atoms with Gasteiger partial charge in [0.1, 0.15) is 6.61 Å². The van der Waals surface area contributed by atoms with Gasteiger partial charge < -0.3 is 28.1 Å². The molecule has 38 heavy (non-hydrogen) atoms. The summed E-state index contributed by atoms with van der Waals surface area (Å²) in [6.07, 6.45) is 0. The molecule has 0 aliphatic heterocycles. The first-order chi connectivity index (χ1) is 18.3. The maximum absolute atomic E-state index is 11.2. The van der Waals surface area contributed by atoms with E-state index < -0.39 is 14.3 Å². The summed E-state index contributed by atoms with van der Waals surface area (Å²) in [6.45, 7) is 16.3. The first kappa shape index (κ1) is 31.9. The first-order valence-electron chi connectivity index (χ1n) is 13.2. The van der Waals surface area contributed by atoms with Crippen LogP contribution >= 0.6 is 0 Å². The average Bonchev–Trinajstić information content (AvgIpc) is 2.90. The minimum absolute atomic E-state index is 0.0543. The van der Waals surface area contributed by atoms with E-state index in [1.165, 1.54) is 10.4 Å². The first-order valence-corrected chi connectivity index (χ1v) is 15.1. The second-order valence-electron chi connectivity index (χ2n) is 9.88. The van der Waals surface area contributed by atoms with Crippen LogP contribution in [0.3, 0.4) is 0 Å². The van der Waals surface area contributed by atoms with Crippen LogP contribution < -0.4 is 10.4 Å². The molecule has 0 atom stereocenters. The molecule has 0 amide bonds. The molecular formula is C30H44O7Si. The quantitative estimate of drug-likeness (QED) is 0.115. The van der Waals surface area contributed by atoms with Crippen molar-refractivity contribution in [1.82, 2.24) is 0 Å². The summed E-state index contributed by atoms with van der Waals surface area (Å²) >= 11 is 0. The summed E-state index contributed by atoms with van der Waals surface area (Å²) in [5.41, 5.74) is 0.377. The fourth-order valence-electron chi connectivity index (χ4n) is 4.09. The average molecular weight is 545 g/mol. The third kappa shape index (κ3) is 10.4. The topological polar surface area (TPSA) is 72.5 Å². The lowest BCUT2D eigenvalue weighted by molar-refractivity contribution is -0.140. The number of esters is 1. The van der Waals surface area contributed by atoms with E-state index in [9.17, 15) is 4.79 Å². The van der Waals surface area contributed by atoms with Crippen LogP contribution in [-0.4, -0.2) is 80.4 Å². The molecule has 0 heterocycles. The maximum atomic E-state index is 11.2. The Kier molecular flexibility index (Phi) is 14.5. The predicted molar refractivity (Wildman–Crippen MR) is 153 cm³/mol. The van der Waals surface area contributed by atoms with Crippen LogP contribution in [0.2, 0.25) is 5.04 Å². The van der Waals surface area contributed by atoms with Crippen molar-refractivity contribution in [3.05, 3.63) is 72.8 Å². The minimum atomic E-state index is -2.53. The van der Waals surface area contributed by atoms with Crippen LogP contribution in [0.25, 0.3) is 0 Å². The zero-order valence-corrected chi connectivity index (χ0v) is 24.4. The molecule has 0 saturated carbocycles. The number of hydrogen-bond acceptors (Lipinski definition) is 7. The molecule has 0 fully saturated rings. The third-order valence-electron chi connectivity index (χ3n) is 5.89. The van der Waals surface area contributed by atoms with Crippen molar-refractivity contribution in [1.29, 1.82) is 0 Å². The Bertz CT molecular complexity index is 889. The molecule has 0 aliphatic rings. The van der Waals surface area contributed by atoms with E-state index in [0.717, 1.165) is 0 Å². The SMILES string of the molecule is C=C(C)C(=O)OCCOCCOCCOCCOCCO[Si](c1ccccc1)(c1ccccc1)C(C)(C)C. The van der Waals surface area contributed by atoms with E-state index in [1.54, 1.807) is 6.92 Å². The van der Waals surface area contributed by atoms with Crippen molar-refractivity contribution < 1.29 is 32.9 Å². The van der Waals surface area contributed by atoms with E-state index in [2.05, 4.69) is 75.9 Å². The molecule has 0 unspecified atom stereocenters. The summed E-state index contributed by atoms with van der Waals surface area (Å²) in [5.74, 6) is -0.405. The Morgan fingerprint density at radius 2 is 1.03 bits per heavy atom. The van der Waals surface area contributed by atoms with E-state index in [4.69, 9.17) is 28.1 Å². The van der Waals surface area contributed by atoms with Gasteiger partial charge in [-0.3, -0.25) is 0 Å². The molecule has 0 aliphatic carbocycles. The Morgan fingerprint density at radius 1 is 0.658 bits per heavy atom. The normalized spacial score (nSPS) is 11.9. The highest BCUT2D eigenvalue weighted by molar-refractivity contribution is 6.99. The number of carbonyl (C=O) groups excluding carboxylic acids is 1. The van der Waals surface area contributed by atoms with Gasteiger partial charge in [0.2, 0.25) is 0 Å². The number of benzene rings is 2. The van der Waals surface area contributed by atoms with Gasteiger partial charge in [-0.2, -0.15) is 0 Å². The number of ether oxygens (including phenoxy) is 5. The van der Waals surface area contributed by atoms with Gasteiger partial charge in [-0.25, -0.2) is 4.79 Å². The molecule has 0 radical (unpaired) electrons. The molecule has 0 bridgehead atoms. The molecule has 0 N–H and O–H groups in total. The van der Waals surface area contributed by atoms with Crippen LogP contribution in [0, 0.1) is 0 Å². The molecule has 0 spiro atoms. The number of carbonyl (C=O) groups is 1. The highest BCUT2D eigenvalue weighted by Gasteiger charge is 2.49. The monoisotopic (exact) mass is 544 g/mol. The van der Waals surface area contributed by atoms with Crippen LogP contribution in [0.1, 0.15) is 27.7 Å². The van der Waals surface area contributed by atoms with Gasteiger partial charge in [-0.05, 0) is 22.3 Å². The molecular weight excluding hydrogens is 500 g/mol. The largest absolute Gasteiger partial charge is 0.460 e. The van der Waals surface area contributed by atoms with Gasteiger partial charge in [-0.15, -0.1) is 0 Å². The fourth-order valence-corrected chi connectivity index (χ4v) is 8.64. The Balaban J connectivity index is 1.61. The van der Waals surface area contributed by atoms with E-state index in [1.807, 2.05) is 12.1 Å². The van der Waals surface area contributed by atoms with Crippen molar-refractivity contribution >= 4 is 24.7 Å². The molecule has 0 saturated heterocycles. The van der Waals surface area contributed by atoms with Crippen molar-refractivity contribution in [2.75, 3.05) is 66.1 Å². The molecule has 2 rings (SSSR count). The fraction of sp³-hybridized carbons (Fsp3) is 0.500. The minimum Gasteiger partial charge on any atom is -0.460 e. The molecule has 2 aromatic carbocycles. The van der Waals surface area contributed by atoms with Gasteiger partial charge in [-0.1, -0.05) is 88.0 Å². The van der Waals surface area contributed by atoms with Crippen molar-refractivity contribution in [3.63, 3.8) is 0 Å². The third-order valence-corrected chi connectivity index (χ3v) is 10.9. The zero-order chi connectivity index (χ0) is 27.7. The Labute approximate surface area is 229 Å². The molecule has 8 heteroatoms. The van der Waals surface area contributed by atoms with E-state index in [-0.39, 0.29) is 11.6 Å². The van der Waals surface area contributed by atoms with Crippen molar-refractivity contribution in [3.8, 4) is 0 Å². The Hall–Kier alpha value is -2.33. The summed E-state index contributed by atoms with van der Waals surface area (Å²) in [5, 5.41) is 2.47. The lowest BCUT2D eigenvalue weighted by Crippen LogP contribution is -2.66. The summed E-state index contributed by atoms with van der Waals surface area (Å²) in [7, 11) is -2.53. The van der Waals surface area contributed by atoms with Crippen LogP contribution in [0.4, 0.5) is 0 Å². The smallest absolute Gasteiger partial charge is 0.333 e. The maximum Gasteiger partial charge on any atom is 0.333 e. The Morgan fingerprint density at radius 3 is 1.39 bits per heavy atom. The van der Waals surface area contributed by atoms with Crippen LogP contribution in [0.15, 0.2) is 72.8 Å². The second kappa shape index (κ2) is 17.3. The summed E-state index contributed by atoms with van der Waals surface area (Å²) < 4.78 is 33.9. The van der Waals surface area contributed by atoms with Crippen LogP contribution in [0.5, 0.6) is 0 Å². The van der Waals surface area contributed by atoms with E-state index >= 15 is 0 Å². The van der Waals surface area contributed by atoms with Gasteiger partial charge >= 0.3 is 5.97 Å². The lowest BCUT2D eigenvalue weighted by Gasteiger charge is -2.43. The molecule has 0 aromatic heterocycles. The molecule has 7 nitrogen and oxygen atoms in total. The van der Waals surface area contributed by atoms with Gasteiger partial charge in [0.15, 0.2) is 0 Å². The van der Waals surface area contributed by atoms with Gasteiger partial charge in [0.05, 0.1) is 59.5 Å².